The fourth-order valence-corrected chi connectivity index (χ4v) is 2.50. The van der Waals surface area contributed by atoms with E-state index in [9.17, 15) is 13.2 Å². The SMILES string of the molecule is FC(F)(F)c1cc(Br)cnc1NCC[C@@H]1CCCN1. The van der Waals surface area contributed by atoms with Crippen molar-refractivity contribution in [3.63, 3.8) is 0 Å². The molecule has 0 spiro atoms. The molecule has 1 aliphatic rings. The molecule has 0 unspecified atom stereocenters. The molecule has 3 nitrogen and oxygen atoms in total. The second kappa shape index (κ2) is 6.09. The van der Waals surface area contributed by atoms with Crippen molar-refractivity contribution in [1.29, 1.82) is 0 Å². The Morgan fingerprint density at radius 1 is 1.47 bits per heavy atom. The predicted octanol–water partition coefficient (Wildman–Crippen LogP) is 3.42. The molecule has 0 aliphatic carbocycles. The summed E-state index contributed by atoms with van der Waals surface area (Å²) < 4.78 is 38.9. The van der Waals surface area contributed by atoms with E-state index < -0.39 is 11.7 Å². The molecule has 2 heterocycles. The van der Waals surface area contributed by atoms with E-state index in [1.807, 2.05) is 0 Å². The highest BCUT2D eigenvalue weighted by Gasteiger charge is 2.34. The van der Waals surface area contributed by atoms with Crippen molar-refractivity contribution in [2.24, 2.45) is 0 Å². The zero-order valence-electron chi connectivity index (χ0n) is 10.2. The molecule has 1 fully saturated rings. The minimum Gasteiger partial charge on any atom is -0.370 e. The molecule has 1 aromatic heterocycles. The number of anilines is 1. The van der Waals surface area contributed by atoms with Gasteiger partial charge in [-0.1, -0.05) is 0 Å². The van der Waals surface area contributed by atoms with Gasteiger partial charge in [0.15, 0.2) is 0 Å². The van der Waals surface area contributed by atoms with E-state index in [0.29, 0.717) is 17.1 Å². The summed E-state index contributed by atoms with van der Waals surface area (Å²) in [5.41, 5.74) is -0.735. The number of hydrogen-bond acceptors (Lipinski definition) is 3. The fourth-order valence-electron chi connectivity index (χ4n) is 2.16. The lowest BCUT2D eigenvalue weighted by atomic mass is 10.1. The van der Waals surface area contributed by atoms with Crippen LogP contribution in [0.3, 0.4) is 0 Å². The van der Waals surface area contributed by atoms with Crippen LogP contribution in [0.4, 0.5) is 19.0 Å². The summed E-state index contributed by atoms with van der Waals surface area (Å²) in [6.07, 6.45) is -0.0122. The highest BCUT2D eigenvalue weighted by molar-refractivity contribution is 9.10. The zero-order valence-corrected chi connectivity index (χ0v) is 11.8. The number of rotatable bonds is 4. The first-order valence-electron chi connectivity index (χ1n) is 6.17. The summed E-state index contributed by atoms with van der Waals surface area (Å²) in [6.45, 7) is 1.48. The topological polar surface area (TPSA) is 37.0 Å². The molecule has 1 aromatic rings. The second-order valence-corrected chi connectivity index (χ2v) is 5.47. The van der Waals surface area contributed by atoms with Crippen LogP contribution in [0.15, 0.2) is 16.7 Å². The van der Waals surface area contributed by atoms with Gasteiger partial charge in [0.25, 0.3) is 0 Å². The summed E-state index contributed by atoms with van der Waals surface area (Å²) in [5, 5.41) is 6.09. The van der Waals surface area contributed by atoms with Crippen molar-refractivity contribution in [2.75, 3.05) is 18.4 Å². The monoisotopic (exact) mass is 337 g/mol. The Kier molecular flexibility index (Phi) is 4.67. The van der Waals surface area contributed by atoms with Gasteiger partial charge in [0.05, 0.1) is 5.56 Å². The van der Waals surface area contributed by atoms with Gasteiger partial charge < -0.3 is 10.6 Å². The third kappa shape index (κ3) is 4.07. The number of nitrogens with one attached hydrogen (secondary N) is 2. The van der Waals surface area contributed by atoms with Crippen LogP contribution in [0, 0.1) is 0 Å². The molecule has 1 aliphatic heterocycles. The molecular weight excluding hydrogens is 323 g/mol. The van der Waals surface area contributed by atoms with Crippen LogP contribution in [-0.2, 0) is 6.18 Å². The molecule has 0 saturated carbocycles. The minimum atomic E-state index is -4.40. The lowest BCUT2D eigenvalue weighted by molar-refractivity contribution is -0.137. The van der Waals surface area contributed by atoms with Crippen molar-refractivity contribution in [3.8, 4) is 0 Å². The van der Waals surface area contributed by atoms with Gasteiger partial charge in [-0.2, -0.15) is 13.2 Å². The number of nitrogens with zero attached hydrogens (tertiary/aromatic N) is 1. The molecule has 0 aromatic carbocycles. The standard InChI is InChI=1S/C12H15BrF3N3/c13-8-6-10(12(14,15)16)11(19-7-8)18-5-3-9-2-1-4-17-9/h6-7,9,17H,1-5H2,(H,18,19)/t9-/m0/s1. The van der Waals surface area contributed by atoms with Crippen molar-refractivity contribution in [3.05, 3.63) is 22.3 Å². The molecule has 2 N–H and O–H groups in total. The van der Waals surface area contributed by atoms with Crippen molar-refractivity contribution in [2.45, 2.75) is 31.5 Å². The van der Waals surface area contributed by atoms with E-state index in [1.165, 1.54) is 6.20 Å². The molecule has 0 radical (unpaired) electrons. The molecule has 0 bridgehead atoms. The normalized spacial score (nSPS) is 19.7. The minimum absolute atomic E-state index is 0.103. The Bertz CT molecular complexity index is 431. The predicted molar refractivity (Wildman–Crippen MR) is 71.1 cm³/mol. The Labute approximate surface area is 118 Å². The van der Waals surface area contributed by atoms with Crippen LogP contribution >= 0.6 is 15.9 Å². The van der Waals surface area contributed by atoms with E-state index in [1.54, 1.807) is 0 Å². The summed E-state index contributed by atoms with van der Waals surface area (Å²) in [6, 6.07) is 1.45. The number of halogens is 4. The lowest BCUT2D eigenvalue weighted by Gasteiger charge is -2.15. The zero-order chi connectivity index (χ0) is 13.9. The van der Waals surface area contributed by atoms with Crippen LogP contribution in [0.2, 0.25) is 0 Å². The van der Waals surface area contributed by atoms with Gasteiger partial charge in [0, 0.05) is 23.3 Å². The maximum atomic E-state index is 12.8. The third-order valence-electron chi connectivity index (χ3n) is 3.11. The van der Waals surface area contributed by atoms with Crippen LogP contribution in [0.1, 0.15) is 24.8 Å². The van der Waals surface area contributed by atoms with E-state index in [4.69, 9.17) is 0 Å². The van der Waals surface area contributed by atoms with Gasteiger partial charge in [0.1, 0.15) is 5.82 Å². The van der Waals surface area contributed by atoms with Crippen LogP contribution in [0.25, 0.3) is 0 Å². The highest BCUT2D eigenvalue weighted by Crippen LogP contribution is 2.35. The van der Waals surface area contributed by atoms with Crippen LogP contribution in [0.5, 0.6) is 0 Å². The maximum absolute atomic E-state index is 12.8. The Morgan fingerprint density at radius 2 is 2.26 bits per heavy atom. The van der Waals surface area contributed by atoms with E-state index in [-0.39, 0.29) is 5.82 Å². The molecule has 1 atom stereocenters. The summed E-state index contributed by atoms with van der Waals surface area (Å²) in [4.78, 5) is 3.81. The average molecular weight is 338 g/mol. The lowest BCUT2D eigenvalue weighted by Crippen LogP contribution is -2.24. The van der Waals surface area contributed by atoms with Crippen molar-refractivity contribution >= 4 is 21.7 Å². The first-order valence-corrected chi connectivity index (χ1v) is 6.96. The van der Waals surface area contributed by atoms with Gasteiger partial charge in [-0.25, -0.2) is 4.98 Å². The molecule has 19 heavy (non-hydrogen) atoms. The molecule has 106 valence electrons. The molecule has 2 rings (SSSR count). The van der Waals surface area contributed by atoms with Crippen LogP contribution in [-0.4, -0.2) is 24.1 Å². The summed E-state index contributed by atoms with van der Waals surface area (Å²) in [7, 11) is 0. The quantitative estimate of drug-likeness (QED) is 0.883. The number of pyridine rings is 1. The Balaban J connectivity index is 1.98. The Hall–Kier alpha value is -0.820. The van der Waals surface area contributed by atoms with Gasteiger partial charge in [-0.15, -0.1) is 0 Å². The van der Waals surface area contributed by atoms with Gasteiger partial charge in [-0.05, 0) is 47.8 Å². The van der Waals surface area contributed by atoms with E-state index in [2.05, 4.69) is 31.5 Å². The fraction of sp³-hybridized carbons (Fsp3) is 0.583. The van der Waals surface area contributed by atoms with Gasteiger partial charge in [-0.3, -0.25) is 0 Å². The molecular formula is C12H15BrF3N3. The van der Waals surface area contributed by atoms with Gasteiger partial charge in [0.2, 0.25) is 0 Å². The summed E-state index contributed by atoms with van der Waals surface area (Å²) >= 11 is 3.01. The summed E-state index contributed by atoms with van der Waals surface area (Å²) in [5.74, 6) is -0.103. The first-order chi connectivity index (χ1) is 8.97. The third-order valence-corrected chi connectivity index (χ3v) is 3.54. The number of hydrogen-bond donors (Lipinski definition) is 2. The first kappa shape index (κ1) is 14.6. The smallest absolute Gasteiger partial charge is 0.370 e. The molecule has 0 amide bonds. The van der Waals surface area contributed by atoms with Crippen molar-refractivity contribution < 1.29 is 13.2 Å². The Morgan fingerprint density at radius 3 is 2.89 bits per heavy atom. The number of aromatic nitrogens is 1. The largest absolute Gasteiger partial charge is 0.419 e. The second-order valence-electron chi connectivity index (χ2n) is 4.56. The maximum Gasteiger partial charge on any atom is 0.419 e. The molecule has 1 saturated heterocycles. The number of alkyl halides is 3. The van der Waals surface area contributed by atoms with Crippen molar-refractivity contribution in [1.82, 2.24) is 10.3 Å². The van der Waals surface area contributed by atoms with E-state index in [0.717, 1.165) is 31.9 Å². The highest BCUT2D eigenvalue weighted by atomic mass is 79.9. The molecule has 7 heteroatoms. The van der Waals surface area contributed by atoms with Crippen LogP contribution < -0.4 is 10.6 Å². The van der Waals surface area contributed by atoms with Gasteiger partial charge >= 0.3 is 6.18 Å². The average Bonchev–Trinajstić information content (AvgIpc) is 2.83. The van der Waals surface area contributed by atoms with E-state index >= 15 is 0 Å².